The quantitative estimate of drug-likeness (QED) is 0.618. The Balaban J connectivity index is 0.00000312. The maximum Gasteiger partial charge on any atom is 0.224 e. The van der Waals surface area contributed by atoms with Gasteiger partial charge in [-0.25, -0.2) is 0 Å². The monoisotopic (exact) mass is 432 g/mol. The Kier molecular flexibility index (Phi) is 9.93. The summed E-state index contributed by atoms with van der Waals surface area (Å²) in [4.78, 5) is 12.2. The van der Waals surface area contributed by atoms with Crippen molar-refractivity contribution in [3.05, 3.63) is 33.8 Å². The molecule has 0 fully saturated rings. The van der Waals surface area contributed by atoms with Crippen molar-refractivity contribution in [3.63, 3.8) is 0 Å². The topological polar surface area (TPSA) is 59.6 Å². The average Bonchev–Trinajstić information content (AvgIpc) is 2.58. The van der Waals surface area contributed by atoms with E-state index >= 15 is 0 Å². The molecule has 1 amide bonds. The summed E-state index contributed by atoms with van der Waals surface area (Å²) >= 11 is 3.52. The Labute approximate surface area is 164 Å². The van der Waals surface area contributed by atoms with Crippen LogP contribution in [0.1, 0.15) is 25.8 Å². The zero-order valence-electron chi connectivity index (χ0n) is 14.7. The summed E-state index contributed by atoms with van der Waals surface area (Å²) in [5.74, 6) is 1.36. The Morgan fingerprint density at radius 1 is 1.24 bits per heavy atom. The summed E-state index contributed by atoms with van der Waals surface area (Å²) in [5.41, 5.74) is 2.17. The largest absolute Gasteiger partial charge is 0.490 e. The third-order valence-electron chi connectivity index (χ3n) is 3.73. The predicted octanol–water partition coefficient (Wildman–Crippen LogP) is 3.25. The highest BCUT2D eigenvalue weighted by atomic mass is 79.9. The third kappa shape index (κ3) is 6.88. The molecule has 1 aliphatic heterocycles. The van der Waals surface area contributed by atoms with Crippen LogP contribution in [0.3, 0.4) is 0 Å². The molecule has 2 rings (SSSR count). The van der Waals surface area contributed by atoms with Crippen molar-refractivity contribution >= 4 is 34.2 Å². The van der Waals surface area contributed by atoms with Crippen LogP contribution in [0.15, 0.2) is 28.3 Å². The van der Waals surface area contributed by atoms with Gasteiger partial charge in [-0.3, -0.25) is 4.79 Å². The summed E-state index contributed by atoms with van der Waals surface area (Å²) in [6.07, 6.45) is 3.43. The van der Waals surface area contributed by atoms with E-state index in [0.29, 0.717) is 37.7 Å². The molecular formula is C18H26BrClN2O3. The fourth-order valence-corrected chi connectivity index (χ4v) is 2.99. The summed E-state index contributed by atoms with van der Waals surface area (Å²) in [5, 5.41) is 6.25. The van der Waals surface area contributed by atoms with E-state index in [1.54, 1.807) is 0 Å². The van der Waals surface area contributed by atoms with Crippen molar-refractivity contribution in [2.75, 3.05) is 32.8 Å². The zero-order chi connectivity index (χ0) is 17.4. The molecule has 140 valence electrons. The summed E-state index contributed by atoms with van der Waals surface area (Å²) in [6.45, 7) is 7.45. The second kappa shape index (κ2) is 11.4. The van der Waals surface area contributed by atoms with Crippen molar-refractivity contribution < 1.29 is 14.3 Å². The van der Waals surface area contributed by atoms with Gasteiger partial charge in [0.1, 0.15) is 0 Å². The molecule has 0 aliphatic carbocycles. The number of carbonyl (C=O) groups is 1. The van der Waals surface area contributed by atoms with Crippen molar-refractivity contribution in [1.82, 2.24) is 10.6 Å². The van der Waals surface area contributed by atoms with Crippen LogP contribution in [-0.2, 0) is 11.2 Å². The molecule has 2 N–H and O–H groups in total. The van der Waals surface area contributed by atoms with Gasteiger partial charge in [0.25, 0.3) is 0 Å². The fourth-order valence-electron chi connectivity index (χ4n) is 2.53. The van der Waals surface area contributed by atoms with Crippen LogP contribution >= 0.6 is 28.3 Å². The van der Waals surface area contributed by atoms with Gasteiger partial charge in [-0.05, 0) is 44.5 Å². The molecule has 7 heteroatoms. The SMILES string of the molecule is CCOc1cc(Br)c(CC(=O)NCC2=CCNCC2)cc1OCC.Cl. The van der Waals surface area contributed by atoms with E-state index in [9.17, 15) is 4.79 Å². The molecule has 0 spiro atoms. The Morgan fingerprint density at radius 3 is 2.52 bits per heavy atom. The first-order valence-electron chi connectivity index (χ1n) is 8.37. The number of amides is 1. The van der Waals surface area contributed by atoms with E-state index in [1.807, 2.05) is 26.0 Å². The molecule has 1 heterocycles. The zero-order valence-corrected chi connectivity index (χ0v) is 17.1. The van der Waals surface area contributed by atoms with Gasteiger partial charge >= 0.3 is 0 Å². The molecule has 1 aliphatic rings. The minimum absolute atomic E-state index is 0. The minimum atomic E-state index is 0. The number of carbonyl (C=O) groups excluding carboxylic acids is 1. The third-order valence-corrected chi connectivity index (χ3v) is 4.47. The lowest BCUT2D eigenvalue weighted by molar-refractivity contribution is -0.120. The molecule has 0 aromatic heterocycles. The number of hydrogen-bond acceptors (Lipinski definition) is 4. The highest BCUT2D eigenvalue weighted by molar-refractivity contribution is 9.10. The average molecular weight is 434 g/mol. The highest BCUT2D eigenvalue weighted by Gasteiger charge is 2.14. The molecule has 5 nitrogen and oxygen atoms in total. The van der Waals surface area contributed by atoms with Gasteiger partial charge in [-0.2, -0.15) is 0 Å². The fraction of sp³-hybridized carbons (Fsp3) is 0.500. The van der Waals surface area contributed by atoms with E-state index in [0.717, 1.165) is 29.5 Å². The van der Waals surface area contributed by atoms with Crippen LogP contribution in [0.4, 0.5) is 0 Å². The predicted molar refractivity (Wildman–Crippen MR) is 106 cm³/mol. The van der Waals surface area contributed by atoms with Crippen LogP contribution < -0.4 is 20.1 Å². The first-order chi connectivity index (χ1) is 11.6. The Morgan fingerprint density at radius 2 is 1.92 bits per heavy atom. The molecule has 0 bridgehead atoms. The van der Waals surface area contributed by atoms with E-state index in [1.165, 1.54) is 5.57 Å². The molecule has 0 radical (unpaired) electrons. The Hall–Kier alpha value is -1.24. The molecule has 0 saturated carbocycles. The maximum absolute atomic E-state index is 12.2. The van der Waals surface area contributed by atoms with Gasteiger partial charge in [-0.15, -0.1) is 12.4 Å². The van der Waals surface area contributed by atoms with Crippen molar-refractivity contribution in [2.45, 2.75) is 26.7 Å². The summed E-state index contributed by atoms with van der Waals surface area (Å²) < 4.78 is 12.1. The van der Waals surface area contributed by atoms with E-state index in [2.05, 4.69) is 32.6 Å². The summed E-state index contributed by atoms with van der Waals surface area (Å²) in [6, 6.07) is 3.74. The lowest BCUT2D eigenvalue weighted by atomic mass is 10.1. The first kappa shape index (κ1) is 21.8. The minimum Gasteiger partial charge on any atom is -0.490 e. The number of ether oxygens (including phenoxy) is 2. The Bertz CT molecular complexity index is 608. The standard InChI is InChI=1S/C18H25BrN2O3.ClH/c1-3-23-16-9-14(15(19)11-17(16)24-4-2)10-18(22)21-12-13-5-7-20-8-6-13;/h5,9,11,20H,3-4,6-8,10,12H2,1-2H3,(H,21,22);1H. The second-order valence-electron chi connectivity index (χ2n) is 5.53. The molecule has 1 aromatic rings. The normalized spacial score (nSPS) is 13.5. The van der Waals surface area contributed by atoms with Crippen molar-refractivity contribution in [2.24, 2.45) is 0 Å². The molecule has 0 saturated heterocycles. The van der Waals surface area contributed by atoms with Gasteiger partial charge in [0.05, 0.1) is 19.6 Å². The lowest BCUT2D eigenvalue weighted by Crippen LogP contribution is -2.30. The number of hydrogen-bond donors (Lipinski definition) is 2. The smallest absolute Gasteiger partial charge is 0.224 e. The van der Waals surface area contributed by atoms with Gasteiger partial charge in [-0.1, -0.05) is 27.6 Å². The number of rotatable bonds is 8. The molecular weight excluding hydrogens is 408 g/mol. The number of halogens is 2. The van der Waals surface area contributed by atoms with E-state index in [-0.39, 0.29) is 18.3 Å². The van der Waals surface area contributed by atoms with Gasteiger partial charge in [0.2, 0.25) is 5.91 Å². The van der Waals surface area contributed by atoms with Crippen LogP contribution in [0, 0.1) is 0 Å². The van der Waals surface area contributed by atoms with Crippen molar-refractivity contribution in [3.8, 4) is 11.5 Å². The molecule has 0 unspecified atom stereocenters. The molecule has 25 heavy (non-hydrogen) atoms. The lowest BCUT2D eigenvalue weighted by Gasteiger charge is -2.16. The first-order valence-corrected chi connectivity index (χ1v) is 9.16. The van der Waals surface area contributed by atoms with E-state index < -0.39 is 0 Å². The molecule has 0 atom stereocenters. The van der Waals surface area contributed by atoms with Crippen LogP contribution in [0.25, 0.3) is 0 Å². The van der Waals surface area contributed by atoms with Crippen LogP contribution in [-0.4, -0.2) is 38.8 Å². The summed E-state index contributed by atoms with van der Waals surface area (Å²) in [7, 11) is 0. The second-order valence-corrected chi connectivity index (χ2v) is 6.38. The number of nitrogens with one attached hydrogen (secondary N) is 2. The molecule has 1 aromatic carbocycles. The maximum atomic E-state index is 12.2. The van der Waals surface area contributed by atoms with Gasteiger partial charge in [0, 0.05) is 17.6 Å². The van der Waals surface area contributed by atoms with Gasteiger partial charge in [0.15, 0.2) is 11.5 Å². The van der Waals surface area contributed by atoms with Crippen LogP contribution in [0.5, 0.6) is 11.5 Å². The van der Waals surface area contributed by atoms with Crippen LogP contribution in [0.2, 0.25) is 0 Å². The van der Waals surface area contributed by atoms with Crippen molar-refractivity contribution in [1.29, 1.82) is 0 Å². The van der Waals surface area contributed by atoms with E-state index in [4.69, 9.17) is 9.47 Å². The highest BCUT2D eigenvalue weighted by Crippen LogP contribution is 2.34. The van der Waals surface area contributed by atoms with Gasteiger partial charge < -0.3 is 20.1 Å². The number of benzene rings is 1.